The smallest absolute Gasteiger partial charge is 0.0646 e. The van der Waals surface area contributed by atoms with Gasteiger partial charge in [0, 0.05) is 5.92 Å². The lowest BCUT2D eigenvalue weighted by atomic mass is 9.81. The normalized spacial score (nSPS) is 23.4. The molecule has 1 aliphatic carbocycles. The molecular formula is C16H16O. The summed E-state index contributed by atoms with van der Waals surface area (Å²) in [6, 6.07) is 12.9. The van der Waals surface area contributed by atoms with Crippen molar-refractivity contribution < 1.29 is 5.11 Å². The number of aliphatic hydroxyl groups excluding tert-OH is 1. The zero-order valence-electron chi connectivity index (χ0n) is 9.76. The lowest BCUT2D eigenvalue weighted by Crippen LogP contribution is -2.28. The number of fused-ring (bicyclic) bond motifs is 2. The molecular weight excluding hydrogens is 208 g/mol. The van der Waals surface area contributed by atoms with Gasteiger partial charge >= 0.3 is 0 Å². The second kappa shape index (κ2) is 4.01. The topological polar surface area (TPSA) is 20.2 Å². The molecule has 1 aliphatic rings. The highest BCUT2D eigenvalue weighted by atomic mass is 16.3. The minimum absolute atomic E-state index is 0.198. The third-order valence-electron chi connectivity index (χ3n) is 3.75. The molecule has 0 spiro atoms. The molecule has 0 heterocycles. The maximum absolute atomic E-state index is 10.0. The van der Waals surface area contributed by atoms with Crippen molar-refractivity contribution in [3.63, 3.8) is 0 Å². The molecule has 0 amide bonds. The summed E-state index contributed by atoms with van der Waals surface area (Å²) in [5.74, 6) is 0.198. The first-order valence-electron chi connectivity index (χ1n) is 6.09. The van der Waals surface area contributed by atoms with Gasteiger partial charge in [0.05, 0.1) is 6.10 Å². The van der Waals surface area contributed by atoms with E-state index in [9.17, 15) is 5.11 Å². The van der Waals surface area contributed by atoms with Crippen molar-refractivity contribution in [1.29, 1.82) is 0 Å². The van der Waals surface area contributed by atoms with Crippen LogP contribution in [0.15, 0.2) is 49.1 Å². The first-order valence-corrected chi connectivity index (χ1v) is 6.09. The number of benzene rings is 2. The second-order valence-corrected chi connectivity index (χ2v) is 4.84. The van der Waals surface area contributed by atoms with Gasteiger partial charge in [-0.15, -0.1) is 6.58 Å². The molecule has 1 N–H and O–H groups in total. The molecule has 0 aliphatic heterocycles. The summed E-state index contributed by atoms with van der Waals surface area (Å²) in [5.41, 5.74) is 2.65. The molecule has 0 aromatic heterocycles. The van der Waals surface area contributed by atoms with Gasteiger partial charge in [-0.05, 0) is 34.7 Å². The molecule has 1 nitrogen and oxygen atoms in total. The summed E-state index contributed by atoms with van der Waals surface area (Å²) < 4.78 is 0. The summed E-state index contributed by atoms with van der Waals surface area (Å²) >= 11 is 0. The Kier molecular flexibility index (Phi) is 2.49. The van der Waals surface area contributed by atoms with Crippen molar-refractivity contribution >= 4 is 10.8 Å². The third kappa shape index (κ3) is 1.77. The predicted molar refractivity (Wildman–Crippen MR) is 71.0 cm³/mol. The third-order valence-corrected chi connectivity index (χ3v) is 3.75. The molecule has 0 bridgehead atoms. The van der Waals surface area contributed by atoms with Gasteiger partial charge in [-0.2, -0.15) is 0 Å². The Labute approximate surface area is 101 Å². The van der Waals surface area contributed by atoms with Crippen molar-refractivity contribution in [1.82, 2.24) is 0 Å². The Morgan fingerprint density at radius 1 is 1.06 bits per heavy atom. The van der Waals surface area contributed by atoms with Gasteiger partial charge in [-0.1, -0.05) is 42.5 Å². The summed E-state index contributed by atoms with van der Waals surface area (Å²) in [6.45, 7) is 3.81. The van der Waals surface area contributed by atoms with Crippen LogP contribution in [0.1, 0.15) is 11.1 Å². The Morgan fingerprint density at radius 2 is 1.65 bits per heavy atom. The highest BCUT2D eigenvalue weighted by molar-refractivity contribution is 5.84. The molecule has 0 unspecified atom stereocenters. The van der Waals surface area contributed by atoms with Gasteiger partial charge in [0.1, 0.15) is 0 Å². The van der Waals surface area contributed by atoms with Crippen LogP contribution in [-0.4, -0.2) is 11.2 Å². The molecule has 2 atom stereocenters. The minimum atomic E-state index is -0.277. The lowest BCUT2D eigenvalue weighted by molar-refractivity contribution is 0.123. The molecule has 2 aromatic carbocycles. The van der Waals surface area contributed by atoms with E-state index in [1.54, 1.807) is 0 Å². The zero-order chi connectivity index (χ0) is 11.8. The molecule has 17 heavy (non-hydrogen) atoms. The first-order chi connectivity index (χ1) is 8.28. The average molecular weight is 224 g/mol. The standard InChI is InChI=1S/C16H16O/c1-2-11-7-14-8-12-5-3-4-6-13(12)9-15(14)10-16(11)17/h2-6,8-9,11,16-17H,1,7,10H2/t11-,16-/m1/s1. The van der Waals surface area contributed by atoms with Crippen molar-refractivity contribution in [3.8, 4) is 0 Å². The number of hydrogen-bond donors (Lipinski definition) is 1. The van der Waals surface area contributed by atoms with E-state index >= 15 is 0 Å². The Morgan fingerprint density at radius 3 is 2.24 bits per heavy atom. The maximum Gasteiger partial charge on any atom is 0.0646 e. The maximum atomic E-state index is 10.0. The second-order valence-electron chi connectivity index (χ2n) is 4.84. The molecule has 0 radical (unpaired) electrons. The van der Waals surface area contributed by atoms with E-state index in [0.29, 0.717) is 0 Å². The SMILES string of the molecule is C=C[C@@H]1Cc2cc3ccccc3cc2C[C@H]1O. The Bertz CT molecular complexity index is 571. The van der Waals surface area contributed by atoms with Gasteiger partial charge in [-0.3, -0.25) is 0 Å². The van der Waals surface area contributed by atoms with E-state index in [1.807, 2.05) is 6.08 Å². The van der Waals surface area contributed by atoms with Crippen molar-refractivity contribution in [3.05, 3.63) is 60.2 Å². The summed E-state index contributed by atoms with van der Waals surface area (Å²) in [5, 5.41) is 12.6. The molecule has 0 saturated heterocycles. The van der Waals surface area contributed by atoms with E-state index in [-0.39, 0.29) is 12.0 Å². The van der Waals surface area contributed by atoms with Gasteiger partial charge in [0.25, 0.3) is 0 Å². The van der Waals surface area contributed by atoms with Crippen LogP contribution in [0.3, 0.4) is 0 Å². The largest absolute Gasteiger partial charge is 0.392 e. The quantitative estimate of drug-likeness (QED) is 0.738. The molecule has 86 valence electrons. The van der Waals surface area contributed by atoms with Gasteiger partial charge in [0.15, 0.2) is 0 Å². The van der Waals surface area contributed by atoms with E-state index < -0.39 is 0 Å². The van der Waals surface area contributed by atoms with E-state index in [0.717, 1.165) is 12.8 Å². The van der Waals surface area contributed by atoms with Crippen LogP contribution in [0.2, 0.25) is 0 Å². The number of rotatable bonds is 1. The highest BCUT2D eigenvalue weighted by Crippen LogP contribution is 2.30. The van der Waals surface area contributed by atoms with Crippen LogP contribution in [0, 0.1) is 5.92 Å². The monoisotopic (exact) mass is 224 g/mol. The first kappa shape index (κ1) is 10.5. The van der Waals surface area contributed by atoms with Gasteiger partial charge in [-0.25, -0.2) is 0 Å². The molecule has 0 fully saturated rings. The molecule has 3 rings (SSSR count). The van der Waals surface area contributed by atoms with Crippen molar-refractivity contribution in [2.45, 2.75) is 18.9 Å². The highest BCUT2D eigenvalue weighted by Gasteiger charge is 2.24. The fourth-order valence-electron chi connectivity index (χ4n) is 2.72. The molecule has 2 aromatic rings. The van der Waals surface area contributed by atoms with E-state index in [1.165, 1.54) is 21.9 Å². The fraction of sp³-hybridized carbons (Fsp3) is 0.250. The van der Waals surface area contributed by atoms with Crippen LogP contribution in [-0.2, 0) is 12.8 Å². The van der Waals surface area contributed by atoms with E-state index in [2.05, 4.69) is 43.0 Å². The molecule has 0 saturated carbocycles. The Hall–Kier alpha value is -1.60. The predicted octanol–water partition coefficient (Wildman–Crippen LogP) is 3.10. The van der Waals surface area contributed by atoms with Crippen molar-refractivity contribution in [2.75, 3.05) is 0 Å². The Balaban J connectivity index is 2.13. The van der Waals surface area contributed by atoms with E-state index in [4.69, 9.17) is 0 Å². The van der Waals surface area contributed by atoms with Crippen LogP contribution in [0.25, 0.3) is 10.8 Å². The van der Waals surface area contributed by atoms with Crippen LogP contribution in [0.4, 0.5) is 0 Å². The van der Waals surface area contributed by atoms with Crippen molar-refractivity contribution in [2.24, 2.45) is 5.92 Å². The zero-order valence-corrected chi connectivity index (χ0v) is 9.76. The fourth-order valence-corrected chi connectivity index (χ4v) is 2.72. The lowest BCUT2D eigenvalue weighted by Gasteiger charge is -2.27. The minimum Gasteiger partial charge on any atom is -0.392 e. The van der Waals surface area contributed by atoms with Crippen LogP contribution < -0.4 is 0 Å². The average Bonchev–Trinajstić information content (AvgIpc) is 2.35. The molecule has 1 heteroatoms. The summed E-state index contributed by atoms with van der Waals surface area (Å²) in [4.78, 5) is 0. The van der Waals surface area contributed by atoms with Crippen LogP contribution >= 0.6 is 0 Å². The number of aliphatic hydroxyl groups is 1. The van der Waals surface area contributed by atoms with Gasteiger partial charge in [0.2, 0.25) is 0 Å². The van der Waals surface area contributed by atoms with Gasteiger partial charge < -0.3 is 5.11 Å². The summed E-state index contributed by atoms with van der Waals surface area (Å²) in [6.07, 6.45) is 3.26. The summed E-state index contributed by atoms with van der Waals surface area (Å²) in [7, 11) is 0. The number of hydrogen-bond acceptors (Lipinski definition) is 1. The van der Waals surface area contributed by atoms with Crippen LogP contribution in [0.5, 0.6) is 0 Å².